The fourth-order valence-corrected chi connectivity index (χ4v) is 2.43. The minimum atomic E-state index is -0.793. The summed E-state index contributed by atoms with van der Waals surface area (Å²) in [5.41, 5.74) is 1.96. The van der Waals surface area contributed by atoms with E-state index in [1.165, 1.54) is 24.0 Å². The second-order valence-corrected chi connectivity index (χ2v) is 5.70. The molecule has 1 aliphatic rings. The molecule has 0 bridgehead atoms. The average Bonchev–Trinajstić information content (AvgIpc) is 2.34. The van der Waals surface area contributed by atoms with Crippen molar-refractivity contribution < 1.29 is 9.84 Å². The molecule has 0 aromatic heterocycles. The summed E-state index contributed by atoms with van der Waals surface area (Å²) in [6, 6.07) is 6.70. The number of fused-ring (bicyclic) bond motifs is 1. The molecule has 1 aromatic carbocycles. The van der Waals surface area contributed by atoms with Gasteiger partial charge < -0.3 is 15.2 Å². The molecule has 1 aromatic rings. The summed E-state index contributed by atoms with van der Waals surface area (Å²) < 4.78 is 5.65. The van der Waals surface area contributed by atoms with Gasteiger partial charge in [-0.3, -0.25) is 0 Å². The van der Waals surface area contributed by atoms with Crippen LogP contribution in [0.15, 0.2) is 18.2 Å². The van der Waals surface area contributed by atoms with Gasteiger partial charge in [0, 0.05) is 6.04 Å². The zero-order chi connectivity index (χ0) is 13.2. The Morgan fingerprint density at radius 1 is 1.44 bits per heavy atom. The molecule has 0 fully saturated rings. The summed E-state index contributed by atoms with van der Waals surface area (Å²) in [7, 11) is 2.00. The molecule has 0 saturated heterocycles. The van der Waals surface area contributed by atoms with Crippen molar-refractivity contribution in [3.8, 4) is 5.75 Å². The SMILES string of the molecule is CNC1CCCc2ccc(OCC(C)(C)O)cc21. The average molecular weight is 249 g/mol. The Morgan fingerprint density at radius 2 is 2.22 bits per heavy atom. The number of nitrogens with one attached hydrogen (secondary N) is 1. The van der Waals surface area contributed by atoms with E-state index >= 15 is 0 Å². The fourth-order valence-electron chi connectivity index (χ4n) is 2.43. The summed E-state index contributed by atoms with van der Waals surface area (Å²) in [6.45, 7) is 3.82. The van der Waals surface area contributed by atoms with Crippen LogP contribution in [0.4, 0.5) is 0 Å². The maximum absolute atomic E-state index is 9.68. The summed E-state index contributed by atoms with van der Waals surface area (Å²) in [5, 5.41) is 13.0. The molecule has 0 aliphatic heterocycles. The van der Waals surface area contributed by atoms with Crippen LogP contribution in [0.1, 0.15) is 43.9 Å². The molecule has 18 heavy (non-hydrogen) atoms. The van der Waals surface area contributed by atoms with Gasteiger partial charge in [0.1, 0.15) is 12.4 Å². The van der Waals surface area contributed by atoms with Crippen molar-refractivity contribution >= 4 is 0 Å². The smallest absolute Gasteiger partial charge is 0.119 e. The van der Waals surface area contributed by atoms with Gasteiger partial charge in [0.05, 0.1) is 5.60 Å². The standard InChI is InChI=1S/C15H23NO2/c1-15(2,17)10-18-12-8-7-11-5-4-6-14(16-3)13(11)9-12/h7-9,14,16-17H,4-6,10H2,1-3H3. The highest BCUT2D eigenvalue weighted by atomic mass is 16.5. The van der Waals surface area contributed by atoms with Gasteiger partial charge in [-0.25, -0.2) is 0 Å². The van der Waals surface area contributed by atoms with Gasteiger partial charge in [-0.15, -0.1) is 0 Å². The molecule has 1 atom stereocenters. The van der Waals surface area contributed by atoms with E-state index in [1.54, 1.807) is 13.8 Å². The molecule has 0 heterocycles. The van der Waals surface area contributed by atoms with Crippen LogP contribution in [0.2, 0.25) is 0 Å². The van der Waals surface area contributed by atoms with Gasteiger partial charge in [0.15, 0.2) is 0 Å². The second kappa shape index (κ2) is 5.29. The van der Waals surface area contributed by atoms with Crippen molar-refractivity contribution in [1.29, 1.82) is 0 Å². The lowest BCUT2D eigenvalue weighted by molar-refractivity contribution is 0.0284. The molecule has 1 aliphatic carbocycles. The third kappa shape index (κ3) is 3.24. The van der Waals surface area contributed by atoms with E-state index in [0.29, 0.717) is 12.6 Å². The van der Waals surface area contributed by atoms with E-state index in [4.69, 9.17) is 4.74 Å². The zero-order valence-corrected chi connectivity index (χ0v) is 11.5. The lowest BCUT2D eigenvalue weighted by Crippen LogP contribution is -2.28. The van der Waals surface area contributed by atoms with Crippen molar-refractivity contribution in [3.05, 3.63) is 29.3 Å². The van der Waals surface area contributed by atoms with Crippen LogP contribution in [0.3, 0.4) is 0 Å². The maximum Gasteiger partial charge on any atom is 0.119 e. The minimum absolute atomic E-state index is 0.315. The highest BCUT2D eigenvalue weighted by molar-refractivity contribution is 5.39. The first-order chi connectivity index (χ1) is 8.49. The van der Waals surface area contributed by atoms with E-state index in [1.807, 2.05) is 13.1 Å². The molecule has 3 nitrogen and oxygen atoms in total. The predicted octanol–water partition coefficient (Wildman–Crippen LogP) is 2.43. The third-order valence-electron chi connectivity index (χ3n) is 3.37. The molecule has 2 N–H and O–H groups in total. The number of rotatable bonds is 4. The first-order valence-corrected chi connectivity index (χ1v) is 6.65. The Balaban J connectivity index is 2.15. The van der Waals surface area contributed by atoms with Crippen LogP contribution < -0.4 is 10.1 Å². The number of hydrogen-bond acceptors (Lipinski definition) is 3. The number of ether oxygens (including phenoxy) is 1. The first-order valence-electron chi connectivity index (χ1n) is 6.65. The van der Waals surface area contributed by atoms with Crippen LogP contribution in [0, 0.1) is 0 Å². The van der Waals surface area contributed by atoms with Crippen LogP contribution >= 0.6 is 0 Å². The molecule has 100 valence electrons. The Kier molecular flexibility index (Phi) is 3.93. The lowest BCUT2D eigenvalue weighted by Gasteiger charge is -2.26. The summed E-state index contributed by atoms with van der Waals surface area (Å²) in [6.07, 6.45) is 3.57. The number of hydrogen-bond donors (Lipinski definition) is 2. The Bertz CT molecular complexity index is 409. The maximum atomic E-state index is 9.68. The van der Waals surface area contributed by atoms with E-state index in [9.17, 15) is 5.11 Å². The first kappa shape index (κ1) is 13.4. The van der Waals surface area contributed by atoms with Gasteiger partial charge in [0.2, 0.25) is 0 Å². The van der Waals surface area contributed by atoms with Gasteiger partial charge in [-0.1, -0.05) is 6.07 Å². The molecule has 2 rings (SSSR count). The van der Waals surface area contributed by atoms with Crippen molar-refractivity contribution in [2.24, 2.45) is 0 Å². The van der Waals surface area contributed by atoms with E-state index in [2.05, 4.69) is 17.4 Å². The predicted molar refractivity (Wildman–Crippen MR) is 73.0 cm³/mol. The van der Waals surface area contributed by atoms with Crippen molar-refractivity contribution in [3.63, 3.8) is 0 Å². The highest BCUT2D eigenvalue weighted by Crippen LogP contribution is 2.32. The summed E-state index contributed by atoms with van der Waals surface area (Å²) in [5.74, 6) is 0.845. The van der Waals surface area contributed by atoms with Crippen LogP contribution in [-0.2, 0) is 6.42 Å². The number of aryl methyl sites for hydroxylation is 1. The van der Waals surface area contributed by atoms with Gasteiger partial charge >= 0.3 is 0 Å². The van der Waals surface area contributed by atoms with E-state index < -0.39 is 5.60 Å². The minimum Gasteiger partial charge on any atom is -0.491 e. The van der Waals surface area contributed by atoms with Crippen LogP contribution in [0.25, 0.3) is 0 Å². The molecule has 1 unspecified atom stereocenters. The summed E-state index contributed by atoms with van der Waals surface area (Å²) in [4.78, 5) is 0. The van der Waals surface area contributed by atoms with Crippen LogP contribution in [0.5, 0.6) is 5.75 Å². The Hall–Kier alpha value is -1.06. The monoisotopic (exact) mass is 249 g/mol. The van der Waals surface area contributed by atoms with Crippen molar-refractivity contribution in [2.45, 2.75) is 44.8 Å². The largest absolute Gasteiger partial charge is 0.491 e. The quantitative estimate of drug-likeness (QED) is 0.861. The highest BCUT2D eigenvalue weighted by Gasteiger charge is 2.20. The normalized spacial score (nSPS) is 19.4. The molecule has 3 heteroatoms. The molecular weight excluding hydrogens is 226 g/mol. The number of aliphatic hydroxyl groups is 1. The molecular formula is C15H23NO2. The van der Waals surface area contributed by atoms with Gasteiger partial charge in [-0.05, 0) is 63.4 Å². The molecule has 0 saturated carbocycles. The van der Waals surface area contributed by atoms with Gasteiger partial charge in [-0.2, -0.15) is 0 Å². The molecule has 0 spiro atoms. The fraction of sp³-hybridized carbons (Fsp3) is 0.600. The topological polar surface area (TPSA) is 41.5 Å². The zero-order valence-electron chi connectivity index (χ0n) is 11.5. The Morgan fingerprint density at radius 3 is 2.89 bits per heavy atom. The van der Waals surface area contributed by atoms with Gasteiger partial charge in [0.25, 0.3) is 0 Å². The van der Waals surface area contributed by atoms with E-state index in [0.717, 1.165) is 12.2 Å². The van der Waals surface area contributed by atoms with E-state index in [-0.39, 0.29) is 0 Å². The van der Waals surface area contributed by atoms with Crippen molar-refractivity contribution in [2.75, 3.05) is 13.7 Å². The van der Waals surface area contributed by atoms with Crippen molar-refractivity contribution in [1.82, 2.24) is 5.32 Å². The molecule has 0 radical (unpaired) electrons. The second-order valence-electron chi connectivity index (χ2n) is 5.70. The number of benzene rings is 1. The molecule has 0 amide bonds. The summed E-state index contributed by atoms with van der Waals surface area (Å²) >= 11 is 0. The van der Waals surface area contributed by atoms with Crippen LogP contribution in [-0.4, -0.2) is 24.4 Å². The third-order valence-corrected chi connectivity index (χ3v) is 3.37. The lowest BCUT2D eigenvalue weighted by atomic mass is 9.87. The Labute approximate surface area is 109 Å².